The van der Waals surface area contributed by atoms with Crippen molar-refractivity contribution >= 4 is 17.5 Å². The Kier molecular flexibility index (Phi) is 5.35. The summed E-state index contributed by atoms with van der Waals surface area (Å²) in [6.45, 7) is 3.45. The number of hydrogen-bond acceptors (Lipinski definition) is 5. The maximum Gasteiger partial charge on any atom is 0.246 e. The highest BCUT2D eigenvalue weighted by molar-refractivity contribution is 5.73. The first-order valence-corrected chi connectivity index (χ1v) is 9.55. The van der Waals surface area contributed by atoms with Crippen LogP contribution in [-0.2, 0) is 4.79 Å². The second-order valence-electron chi connectivity index (χ2n) is 7.35. The Morgan fingerprint density at radius 2 is 1.90 bits per heavy atom. The van der Waals surface area contributed by atoms with Crippen molar-refractivity contribution in [3.63, 3.8) is 0 Å². The normalized spacial score (nSPS) is 17.9. The van der Waals surface area contributed by atoms with E-state index in [1.165, 1.54) is 30.1 Å². The van der Waals surface area contributed by atoms with Gasteiger partial charge in [0.2, 0.25) is 11.9 Å². The molecular weight excluding hydrogens is 392 g/mol. The molecule has 1 saturated carbocycles. The number of hydrogen-bond donors (Lipinski definition) is 2. The zero-order valence-corrected chi connectivity index (χ0v) is 16.5. The van der Waals surface area contributed by atoms with E-state index in [-0.39, 0.29) is 23.7 Å². The van der Waals surface area contributed by atoms with Crippen LogP contribution in [0.15, 0.2) is 42.7 Å². The summed E-state index contributed by atoms with van der Waals surface area (Å²) in [6.07, 6.45) is 3.05. The van der Waals surface area contributed by atoms with Gasteiger partial charge in [0.15, 0.2) is 0 Å². The van der Waals surface area contributed by atoms with E-state index in [0.717, 1.165) is 35.9 Å². The van der Waals surface area contributed by atoms with Gasteiger partial charge in [-0.2, -0.15) is 4.98 Å². The summed E-state index contributed by atoms with van der Waals surface area (Å²) in [5.41, 5.74) is 1.94. The van der Waals surface area contributed by atoms with E-state index in [0.29, 0.717) is 5.95 Å². The van der Waals surface area contributed by atoms with Gasteiger partial charge in [-0.3, -0.25) is 4.79 Å². The van der Waals surface area contributed by atoms with E-state index in [1.807, 2.05) is 25.1 Å². The zero-order valence-electron chi connectivity index (χ0n) is 16.5. The second-order valence-corrected chi connectivity index (χ2v) is 7.35. The van der Waals surface area contributed by atoms with Gasteiger partial charge in [0, 0.05) is 37.6 Å². The van der Waals surface area contributed by atoms with Crippen LogP contribution in [0.1, 0.15) is 25.3 Å². The summed E-state index contributed by atoms with van der Waals surface area (Å²) < 4.78 is 34.1. The third-order valence-corrected chi connectivity index (χ3v) is 4.83. The number of benzene rings is 2. The lowest BCUT2D eigenvalue weighted by Gasteiger charge is -2.35. The standard InChI is InChI=1S/C21H21F2N5O2/c1-12-5-16(3-4-20(12)30-19-9-17(10-19)25-13(2)29)26-21-24-11-28(27-21)18-7-14(22)6-15(23)8-18/h3-8,11,17,19H,9-10H2,1-2H3,(H,25,29)(H,26,27)/t17-,19-. The minimum Gasteiger partial charge on any atom is -0.490 e. The molecule has 1 aliphatic rings. The number of ether oxygens (including phenoxy) is 1. The van der Waals surface area contributed by atoms with Crippen LogP contribution in [0.4, 0.5) is 20.4 Å². The van der Waals surface area contributed by atoms with Crippen LogP contribution >= 0.6 is 0 Å². The number of carbonyl (C=O) groups is 1. The van der Waals surface area contributed by atoms with Gasteiger partial charge >= 0.3 is 0 Å². The summed E-state index contributed by atoms with van der Waals surface area (Å²) >= 11 is 0. The van der Waals surface area contributed by atoms with Crippen LogP contribution in [0.2, 0.25) is 0 Å². The third-order valence-electron chi connectivity index (χ3n) is 4.83. The van der Waals surface area contributed by atoms with Crippen LogP contribution < -0.4 is 15.4 Å². The Balaban J connectivity index is 1.38. The number of halogens is 2. The smallest absolute Gasteiger partial charge is 0.246 e. The molecule has 2 aromatic carbocycles. The molecule has 0 atom stereocenters. The molecular formula is C21H21F2N5O2. The average molecular weight is 413 g/mol. The minimum atomic E-state index is -0.684. The molecule has 0 spiro atoms. The number of rotatable bonds is 6. The van der Waals surface area contributed by atoms with Crippen LogP contribution in [-0.4, -0.2) is 32.8 Å². The van der Waals surface area contributed by atoms with Crippen molar-refractivity contribution in [3.8, 4) is 11.4 Å². The van der Waals surface area contributed by atoms with E-state index < -0.39 is 11.6 Å². The molecule has 3 aromatic rings. The molecule has 30 heavy (non-hydrogen) atoms. The number of nitrogens with zero attached hydrogens (tertiary/aromatic N) is 3. The molecule has 1 aliphatic carbocycles. The van der Waals surface area contributed by atoms with Gasteiger partial charge in [-0.1, -0.05) is 0 Å². The van der Waals surface area contributed by atoms with E-state index >= 15 is 0 Å². The average Bonchev–Trinajstić information content (AvgIpc) is 3.09. The Morgan fingerprint density at radius 1 is 1.17 bits per heavy atom. The Morgan fingerprint density at radius 3 is 2.57 bits per heavy atom. The molecule has 1 fully saturated rings. The fourth-order valence-electron chi connectivity index (χ4n) is 3.35. The largest absolute Gasteiger partial charge is 0.490 e. The highest BCUT2D eigenvalue weighted by Gasteiger charge is 2.31. The van der Waals surface area contributed by atoms with Crippen molar-refractivity contribution in [2.45, 2.75) is 38.8 Å². The van der Waals surface area contributed by atoms with Crippen molar-refractivity contribution in [2.24, 2.45) is 0 Å². The van der Waals surface area contributed by atoms with Gasteiger partial charge < -0.3 is 15.4 Å². The van der Waals surface area contributed by atoms with Gasteiger partial charge in [-0.25, -0.2) is 13.5 Å². The first kappa shape index (κ1) is 19.8. The molecule has 9 heteroatoms. The number of aryl methyl sites for hydroxylation is 1. The van der Waals surface area contributed by atoms with Crippen LogP contribution in [0, 0.1) is 18.6 Å². The predicted octanol–water partition coefficient (Wildman–Crippen LogP) is 3.64. The maximum absolute atomic E-state index is 13.4. The highest BCUT2D eigenvalue weighted by atomic mass is 19.1. The molecule has 156 valence electrons. The number of carbonyl (C=O) groups excluding carboxylic acids is 1. The van der Waals surface area contributed by atoms with Crippen molar-refractivity contribution in [3.05, 3.63) is 59.9 Å². The molecule has 0 saturated heterocycles. The third kappa shape index (κ3) is 4.56. The Labute approximate surface area is 172 Å². The molecule has 1 amide bonds. The number of amides is 1. The lowest BCUT2D eigenvalue weighted by Crippen LogP contribution is -2.48. The molecule has 7 nitrogen and oxygen atoms in total. The summed E-state index contributed by atoms with van der Waals surface area (Å²) in [5, 5.41) is 10.2. The van der Waals surface area contributed by atoms with Gasteiger partial charge in [0.05, 0.1) is 5.69 Å². The van der Waals surface area contributed by atoms with E-state index in [9.17, 15) is 13.6 Å². The second kappa shape index (κ2) is 8.10. The van der Waals surface area contributed by atoms with Gasteiger partial charge in [0.1, 0.15) is 29.8 Å². The van der Waals surface area contributed by atoms with Crippen LogP contribution in [0.5, 0.6) is 5.75 Å². The van der Waals surface area contributed by atoms with E-state index in [4.69, 9.17) is 4.74 Å². The van der Waals surface area contributed by atoms with Crippen molar-refractivity contribution < 1.29 is 18.3 Å². The van der Waals surface area contributed by atoms with Gasteiger partial charge in [-0.05, 0) is 42.8 Å². The Hall–Kier alpha value is -3.49. The summed E-state index contributed by atoms with van der Waals surface area (Å²) in [5.74, 6) is -0.318. The van der Waals surface area contributed by atoms with Crippen LogP contribution in [0.25, 0.3) is 5.69 Å². The lowest BCUT2D eigenvalue weighted by atomic mass is 9.89. The molecule has 0 aliphatic heterocycles. The monoisotopic (exact) mass is 413 g/mol. The summed E-state index contributed by atoms with van der Waals surface area (Å²) in [7, 11) is 0. The lowest BCUT2D eigenvalue weighted by molar-refractivity contribution is -0.120. The first-order valence-electron chi connectivity index (χ1n) is 9.55. The van der Waals surface area contributed by atoms with Gasteiger partial charge in [-0.15, -0.1) is 5.10 Å². The van der Waals surface area contributed by atoms with Crippen molar-refractivity contribution in [2.75, 3.05) is 5.32 Å². The summed E-state index contributed by atoms with van der Waals surface area (Å²) in [4.78, 5) is 15.2. The number of nitrogens with one attached hydrogen (secondary N) is 2. The van der Waals surface area contributed by atoms with E-state index in [1.54, 1.807) is 0 Å². The SMILES string of the molecule is CC(=O)N[C@H]1C[C@H](Oc2ccc(Nc3ncn(-c4cc(F)cc(F)c4)n3)cc2C)C1. The quantitative estimate of drug-likeness (QED) is 0.645. The van der Waals surface area contributed by atoms with Crippen molar-refractivity contribution in [1.82, 2.24) is 20.1 Å². The fraction of sp³-hybridized carbons (Fsp3) is 0.286. The number of aromatic nitrogens is 3. The summed E-state index contributed by atoms with van der Waals surface area (Å²) in [6, 6.07) is 8.94. The molecule has 1 heterocycles. The van der Waals surface area contributed by atoms with Gasteiger partial charge in [0.25, 0.3) is 0 Å². The molecule has 0 unspecified atom stereocenters. The topological polar surface area (TPSA) is 81.1 Å². The maximum atomic E-state index is 13.4. The first-order chi connectivity index (χ1) is 14.4. The molecule has 0 bridgehead atoms. The molecule has 4 rings (SSSR count). The fourth-order valence-corrected chi connectivity index (χ4v) is 3.35. The minimum absolute atomic E-state index is 0.0244. The van der Waals surface area contributed by atoms with E-state index in [2.05, 4.69) is 20.7 Å². The zero-order chi connectivity index (χ0) is 21.3. The molecule has 0 radical (unpaired) electrons. The van der Waals surface area contributed by atoms with Crippen molar-refractivity contribution in [1.29, 1.82) is 0 Å². The highest BCUT2D eigenvalue weighted by Crippen LogP contribution is 2.30. The molecule has 1 aromatic heterocycles. The predicted molar refractivity (Wildman–Crippen MR) is 107 cm³/mol. The number of anilines is 2. The molecule has 2 N–H and O–H groups in total. The Bertz CT molecular complexity index is 1060. The van der Waals surface area contributed by atoms with Crippen LogP contribution in [0.3, 0.4) is 0 Å².